The third-order valence-corrected chi connectivity index (χ3v) is 7.35. The Kier molecular flexibility index (Phi) is 7.91. The lowest BCUT2D eigenvalue weighted by atomic mass is 9.91. The van der Waals surface area contributed by atoms with Gasteiger partial charge in [-0.2, -0.15) is 0 Å². The molecule has 0 spiro atoms. The van der Waals surface area contributed by atoms with Gasteiger partial charge in [0.2, 0.25) is 0 Å². The van der Waals surface area contributed by atoms with Gasteiger partial charge < -0.3 is 24.4 Å². The molecule has 5 rings (SSSR count). The highest BCUT2D eigenvalue weighted by atomic mass is 19.1. The number of aryl methyl sites for hydroxylation is 1. The molecule has 0 aromatic heterocycles. The maximum atomic E-state index is 13.8. The zero-order chi connectivity index (χ0) is 30.9. The molecule has 0 bridgehead atoms. The summed E-state index contributed by atoms with van der Waals surface area (Å²) in [5.41, 5.74) is 3.42. The summed E-state index contributed by atoms with van der Waals surface area (Å²) in [6.45, 7) is 5.18. The Hall–Kier alpha value is -5.18. The molecule has 1 aliphatic heterocycles. The van der Waals surface area contributed by atoms with Crippen molar-refractivity contribution in [2.45, 2.75) is 32.9 Å². The summed E-state index contributed by atoms with van der Waals surface area (Å²) < 4.78 is 30.8. The number of fused-ring (bicyclic) bond motifs is 1. The van der Waals surface area contributed by atoms with Crippen LogP contribution in [0.4, 0.5) is 15.8 Å². The fraction of sp³-hybridized carbons (Fsp3) is 0.206. The van der Waals surface area contributed by atoms with E-state index in [2.05, 4.69) is 5.32 Å². The van der Waals surface area contributed by atoms with Gasteiger partial charge in [0.25, 0.3) is 5.91 Å². The minimum absolute atomic E-state index is 0.0624. The molecule has 1 aliphatic rings. The van der Waals surface area contributed by atoms with Crippen LogP contribution in [0, 0.1) is 12.7 Å². The Labute approximate surface area is 249 Å². The predicted molar refractivity (Wildman–Crippen MR) is 161 cm³/mol. The zero-order valence-electron chi connectivity index (χ0n) is 24.5. The highest BCUT2D eigenvalue weighted by molar-refractivity contribution is 6.09. The van der Waals surface area contributed by atoms with Crippen LogP contribution in [0.5, 0.6) is 11.5 Å². The van der Waals surface area contributed by atoms with Crippen LogP contribution >= 0.6 is 0 Å². The number of esters is 2. The molecule has 0 aliphatic carbocycles. The van der Waals surface area contributed by atoms with Crippen molar-refractivity contribution in [2.24, 2.45) is 0 Å². The first-order chi connectivity index (χ1) is 20.5. The highest BCUT2D eigenvalue weighted by Gasteiger charge is 2.39. The Morgan fingerprint density at radius 1 is 0.930 bits per heavy atom. The first kappa shape index (κ1) is 29.3. The van der Waals surface area contributed by atoms with E-state index in [4.69, 9.17) is 14.2 Å². The molecular weight excluding hydrogens is 551 g/mol. The first-order valence-electron chi connectivity index (χ1n) is 13.6. The summed E-state index contributed by atoms with van der Waals surface area (Å²) in [6.07, 6.45) is 0. The molecule has 220 valence electrons. The van der Waals surface area contributed by atoms with E-state index < -0.39 is 23.3 Å². The van der Waals surface area contributed by atoms with Crippen molar-refractivity contribution < 1.29 is 33.0 Å². The third-order valence-electron chi connectivity index (χ3n) is 7.35. The molecule has 0 saturated carbocycles. The van der Waals surface area contributed by atoms with Gasteiger partial charge in [0.1, 0.15) is 29.5 Å². The number of carbonyl (C=O) groups is 3. The van der Waals surface area contributed by atoms with Gasteiger partial charge in [-0.05, 0) is 74.4 Å². The fourth-order valence-corrected chi connectivity index (χ4v) is 5.19. The second-order valence-electron chi connectivity index (χ2n) is 10.8. The number of methoxy groups -OCH3 is 1. The lowest BCUT2D eigenvalue weighted by Gasteiger charge is -2.39. The minimum Gasteiger partial charge on any atom is -0.496 e. The standard InChI is InChI=1S/C34H31FN2O6/c1-20-9-6-7-12-24(20)32(39)43-23-13-14-26(29(18-23)41-5)25-15-16-28-30(37(4)33(40)34(2,3)36-28)27(25)19-42-31(38)21-10-8-11-22(35)17-21/h6-18,36H,19H2,1-5H3. The SMILES string of the molecule is COc1cc(OC(=O)c2ccccc2C)ccc1-c1ccc2c(c1COC(=O)c1cccc(F)c1)N(C)C(=O)C(C)(C)N2. The highest BCUT2D eigenvalue weighted by Crippen LogP contribution is 2.45. The molecule has 0 saturated heterocycles. The van der Waals surface area contributed by atoms with E-state index in [9.17, 15) is 18.8 Å². The maximum Gasteiger partial charge on any atom is 0.343 e. The Morgan fingerprint density at radius 3 is 2.40 bits per heavy atom. The number of carbonyl (C=O) groups excluding carboxylic acids is 3. The summed E-state index contributed by atoms with van der Waals surface area (Å²) in [5.74, 6) is -1.28. The van der Waals surface area contributed by atoms with Gasteiger partial charge >= 0.3 is 11.9 Å². The zero-order valence-corrected chi connectivity index (χ0v) is 24.5. The van der Waals surface area contributed by atoms with E-state index in [1.165, 1.54) is 30.2 Å². The molecular formula is C34H31FN2O6. The number of likely N-dealkylation sites (N-methyl/N-ethyl adjacent to an activating group) is 1. The average Bonchev–Trinajstić information content (AvgIpc) is 2.98. The molecule has 4 aromatic rings. The Morgan fingerprint density at radius 2 is 1.67 bits per heavy atom. The summed E-state index contributed by atoms with van der Waals surface area (Å²) >= 11 is 0. The van der Waals surface area contributed by atoms with Crippen molar-refractivity contribution in [1.82, 2.24) is 0 Å². The molecule has 4 aromatic carbocycles. The number of hydrogen-bond acceptors (Lipinski definition) is 7. The predicted octanol–water partition coefficient (Wildman–Crippen LogP) is 6.55. The fourth-order valence-electron chi connectivity index (χ4n) is 5.19. The number of rotatable bonds is 7. The van der Waals surface area contributed by atoms with Crippen molar-refractivity contribution in [1.29, 1.82) is 0 Å². The van der Waals surface area contributed by atoms with Crippen molar-refractivity contribution in [2.75, 3.05) is 24.4 Å². The Bertz CT molecular complexity index is 1750. The average molecular weight is 583 g/mol. The molecule has 8 nitrogen and oxygen atoms in total. The number of benzene rings is 4. The topological polar surface area (TPSA) is 94.2 Å². The van der Waals surface area contributed by atoms with Gasteiger partial charge in [-0.15, -0.1) is 0 Å². The van der Waals surface area contributed by atoms with Gasteiger partial charge in [-0.25, -0.2) is 14.0 Å². The first-order valence-corrected chi connectivity index (χ1v) is 13.6. The molecule has 9 heteroatoms. The number of halogens is 1. The van der Waals surface area contributed by atoms with Gasteiger partial charge in [-0.1, -0.05) is 30.3 Å². The van der Waals surface area contributed by atoms with Crippen LogP contribution in [0.15, 0.2) is 78.9 Å². The Balaban J connectivity index is 1.55. The maximum absolute atomic E-state index is 13.8. The molecule has 0 atom stereocenters. The van der Waals surface area contributed by atoms with Crippen LogP contribution in [-0.4, -0.2) is 37.5 Å². The van der Waals surface area contributed by atoms with E-state index in [-0.39, 0.29) is 23.8 Å². The lowest BCUT2D eigenvalue weighted by Crippen LogP contribution is -2.52. The van der Waals surface area contributed by atoms with Gasteiger partial charge in [0.05, 0.1) is 29.6 Å². The molecule has 43 heavy (non-hydrogen) atoms. The van der Waals surface area contributed by atoms with E-state index in [0.717, 1.165) is 11.6 Å². The molecule has 1 heterocycles. The molecule has 0 radical (unpaired) electrons. The molecule has 0 fully saturated rings. The smallest absolute Gasteiger partial charge is 0.343 e. The van der Waals surface area contributed by atoms with E-state index in [0.29, 0.717) is 39.4 Å². The second-order valence-corrected chi connectivity index (χ2v) is 10.8. The van der Waals surface area contributed by atoms with Gasteiger partial charge in [0.15, 0.2) is 0 Å². The molecule has 0 unspecified atom stereocenters. The van der Waals surface area contributed by atoms with E-state index in [1.54, 1.807) is 51.2 Å². The van der Waals surface area contributed by atoms with Crippen LogP contribution in [0.25, 0.3) is 11.1 Å². The summed E-state index contributed by atoms with van der Waals surface area (Å²) in [7, 11) is 3.16. The molecule has 1 N–H and O–H groups in total. The lowest BCUT2D eigenvalue weighted by molar-refractivity contribution is -0.121. The van der Waals surface area contributed by atoms with Crippen molar-refractivity contribution >= 4 is 29.2 Å². The van der Waals surface area contributed by atoms with Crippen LogP contribution in [0.2, 0.25) is 0 Å². The summed E-state index contributed by atoms with van der Waals surface area (Å²) in [5, 5.41) is 3.27. The molecule has 1 amide bonds. The number of ether oxygens (including phenoxy) is 3. The third kappa shape index (κ3) is 5.79. The van der Waals surface area contributed by atoms with Crippen molar-refractivity contribution in [3.05, 3.63) is 107 Å². The number of anilines is 2. The van der Waals surface area contributed by atoms with Crippen LogP contribution in [-0.2, 0) is 16.1 Å². The van der Waals surface area contributed by atoms with Crippen molar-refractivity contribution in [3.8, 4) is 22.6 Å². The van der Waals surface area contributed by atoms with E-state index >= 15 is 0 Å². The summed E-state index contributed by atoms with van der Waals surface area (Å²) in [4.78, 5) is 40.5. The van der Waals surface area contributed by atoms with Gasteiger partial charge in [-0.3, -0.25) is 4.79 Å². The quantitative estimate of drug-likeness (QED) is 0.195. The van der Waals surface area contributed by atoms with E-state index in [1.807, 2.05) is 31.2 Å². The minimum atomic E-state index is -0.862. The summed E-state index contributed by atoms with van der Waals surface area (Å²) in [6, 6.07) is 21.0. The monoisotopic (exact) mass is 582 g/mol. The number of nitrogens with zero attached hydrogens (tertiary/aromatic N) is 1. The second kappa shape index (κ2) is 11.6. The van der Waals surface area contributed by atoms with Crippen LogP contribution in [0.1, 0.15) is 45.7 Å². The number of amides is 1. The van der Waals surface area contributed by atoms with Gasteiger partial charge in [0, 0.05) is 24.2 Å². The van der Waals surface area contributed by atoms with Crippen molar-refractivity contribution in [3.63, 3.8) is 0 Å². The van der Waals surface area contributed by atoms with Crippen LogP contribution < -0.4 is 19.7 Å². The number of hydrogen-bond donors (Lipinski definition) is 1. The number of nitrogens with one attached hydrogen (secondary N) is 1. The van der Waals surface area contributed by atoms with Crippen LogP contribution in [0.3, 0.4) is 0 Å². The normalized spacial score (nSPS) is 13.5. The largest absolute Gasteiger partial charge is 0.496 e.